The van der Waals surface area contributed by atoms with Crippen LogP contribution in [0.2, 0.25) is 5.02 Å². The summed E-state index contributed by atoms with van der Waals surface area (Å²) >= 11 is 6.27. The molecule has 4 aromatic rings. The monoisotopic (exact) mass is 481 g/mol. The molecule has 0 saturated carbocycles. The molecule has 172 valence electrons. The van der Waals surface area contributed by atoms with Crippen molar-refractivity contribution in [1.82, 2.24) is 9.47 Å². The summed E-state index contributed by atoms with van der Waals surface area (Å²) in [6.45, 7) is 0.190. The zero-order valence-electron chi connectivity index (χ0n) is 17.8. The number of carbonyl (C=O) groups excluding carboxylic acids is 1. The number of fused-ring (bicyclic) bond motifs is 3. The minimum absolute atomic E-state index is 0.190. The molecule has 0 saturated heterocycles. The fourth-order valence-corrected chi connectivity index (χ4v) is 4.59. The molecule has 2 heterocycles. The molecule has 4 nitrogen and oxygen atoms in total. The fraction of sp³-hybridized carbons (Fsp3) is 0.115. The third-order valence-corrected chi connectivity index (χ3v) is 6.10. The molecule has 0 fully saturated rings. The Morgan fingerprint density at radius 3 is 2.50 bits per heavy atom. The van der Waals surface area contributed by atoms with Gasteiger partial charge in [0.05, 0.1) is 29.5 Å². The van der Waals surface area contributed by atoms with Crippen molar-refractivity contribution in [1.29, 1.82) is 0 Å². The van der Waals surface area contributed by atoms with Gasteiger partial charge in [-0.1, -0.05) is 54.1 Å². The number of benzene rings is 3. The normalized spacial score (nSPS) is 15.3. The number of alkyl halides is 3. The molecule has 0 spiro atoms. The molecule has 0 radical (unpaired) electrons. The maximum atomic E-state index is 13.6. The number of hydrogen-bond acceptors (Lipinski definition) is 1. The summed E-state index contributed by atoms with van der Waals surface area (Å²) < 4.78 is 42.7. The van der Waals surface area contributed by atoms with E-state index >= 15 is 0 Å². The topological polar surface area (TPSA) is 37.3 Å². The number of anilines is 1. The smallest absolute Gasteiger partial charge is 0.318 e. The van der Waals surface area contributed by atoms with Crippen LogP contribution in [0.5, 0.6) is 0 Å². The molecule has 1 aromatic heterocycles. The summed E-state index contributed by atoms with van der Waals surface area (Å²) in [5.41, 5.74) is 2.12. The molecular weight excluding hydrogens is 463 g/mol. The highest BCUT2D eigenvalue weighted by Gasteiger charge is 2.36. The first kappa shape index (κ1) is 22.1. The molecule has 34 heavy (non-hydrogen) atoms. The highest BCUT2D eigenvalue weighted by Crippen LogP contribution is 2.39. The minimum Gasteiger partial charge on any atom is -0.318 e. The average molecular weight is 482 g/mol. The van der Waals surface area contributed by atoms with E-state index in [4.69, 9.17) is 11.6 Å². The SMILES string of the molecule is O=C(Nc1ccccc1C(F)(F)F)N1Cc2ccccc2-n2cccc2[C@H]1c1cccc(Cl)c1. The van der Waals surface area contributed by atoms with E-state index in [0.717, 1.165) is 28.6 Å². The first-order chi connectivity index (χ1) is 16.3. The van der Waals surface area contributed by atoms with Crippen LogP contribution in [0.3, 0.4) is 0 Å². The van der Waals surface area contributed by atoms with Crippen molar-refractivity contribution in [2.24, 2.45) is 0 Å². The van der Waals surface area contributed by atoms with Crippen LogP contribution in [0.4, 0.5) is 23.7 Å². The number of halogens is 4. The summed E-state index contributed by atoms with van der Waals surface area (Å²) in [4.78, 5) is 15.2. The summed E-state index contributed by atoms with van der Waals surface area (Å²) in [6.07, 6.45) is -2.69. The minimum atomic E-state index is -4.60. The summed E-state index contributed by atoms with van der Waals surface area (Å²) in [6, 6.07) is 22.3. The fourth-order valence-electron chi connectivity index (χ4n) is 4.39. The molecule has 1 atom stereocenters. The van der Waals surface area contributed by atoms with Gasteiger partial charge in [0.25, 0.3) is 0 Å². The molecular formula is C26H19ClF3N3O. The summed E-state index contributed by atoms with van der Waals surface area (Å²) in [5, 5.41) is 3.01. The predicted octanol–water partition coefficient (Wildman–Crippen LogP) is 7.29. The van der Waals surface area contributed by atoms with E-state index < -0.39 is 23.8 Å². The van der Waals surface area contributed by atoms with E-state index in [9.17, 15) is 18.0 Å². The first-order valence-corrected chi connectivity index (χ1v) is 11.0. The number of aromatic nitrogens is 1. The Labute approximate surface area is 199 Å². The number of para-hydroxylation sites is 2. The van der Waals surface area contributed by atoms with E-state index in [2.05, 4.69) is 5.32 Å². The van der Waals surface area contributed by atoms with Crippen molar-refractivity contribution >= 4 is 23.3 Å². The third kappa shape index (κ3) is 4.03. The molecule has 1 N–H and O–H groups in total. The molecule has 8 heteroatoms. The van der Waals surface area contributed by atoms with Gasteiger partial charge < -0.3 is 14.8 Å². The second-order valence-corrected chi connectivity index (χ2v) is 8.43. The van der Waals surface area contributed by atoms with Gasteiger partial charge in [-0.05, 0) is 53.6 Å². The van der Waals surface area contributed by atoms with Crippen LogP contribution in [0.15, 0.2) is 91.1 Å². The van der Waals surface area contributed by atoms with Crippen LogP contribution in [-0.4, -0.2) is 15.5 Å². The molecule has 1 aliphatic heterocycles. The Kier molecular flexibility index (Phi) is 5.57. The highest BCUT2D eigenvalue weighted by molar-refractivity contribution is 6.30. The Hall–Kier alpha value is -3.71. The number of carbonyl (C=O) groups is 1. The maximum Gasteiger partial charge on any atom is 0.418 e. The second kappa shape index (κ2) is 8.57. The molecule has 2 amide bonds. The molecule has 3 aromatic carbocycles. The van der Waals surface area contributed by atoms with Crippen molar-refractivity contribution in [3.8, 4) is 5.69 Å². The van der Waals surface area contributed by atoms with Crippen LogP contribution in [0.1, 0.15) is 28.4 Å². The van der Waals surface area contributed by atoms with Gasteiger partial charge in [-0.2, -0.15) is 13.2 Å². The van der Waals surface area contributed by atoms with Gasteiger partial charge in [-0.15, -0.1) is 0 Å². The second-order valence-electron chi connectivity index (χ2n) is 7.99. The Bertz CT molecular complexity index is 1370. The van der Waals surface area contributed by atoms with E-state index in [-0.39, 0.29) is 12.2 Å². The highest BCUT2D eigenvalue weighted by atomic mass is 35.5. The molecule has 0 bridgehead atoms. The van der Waals surface area contributed by atoms with Gasteiger partial charge in [-0.3, -0.25) is 0 Å². The lowest BCUT2D eigenvalue weighted by Crippen LogP contribution is -2.38. The Balaban J connectivity index is 1.63. The van der Waals surface area contributed by atoms with Crippen molar-refractivity contribution in [2.75, 3.05) is 5.32 Å². The van der Waals surface area contributed by atoms with Crippen molar-refractivity contribution < 1.29 is 18.0 Å². The number of rotatable bonds is 2. The van der Waals surface area contributed by atoms with Gasteiger partial charge in [0, 0.05) is 16.9 Å². The summed E-state index contributed by atoms with van der Waals surface area (Å²) in [7, 11) is 0. The van der Waals surface area contributed by atoms with Gasteiger partial charge in [-0.25, -0.2) is 4.79 Å². The lowest BCUT2D eigenvalue weighted by molar-refractivity contribution is -0.136. The summed E-state index contributed by atoms with van der Waals surface area (Å²) in [5.74, 6) is 0. The number of nitrogens with one attached hydrogen (secondary N) is 1. The van der Waals surface area contributed by atoms with E-state index in [1.807, 2.05) is 53.2 Å². The van der Waals surface area contributed by atoms with Crippen LogP contribution >= 0.6 is 11.6 Å². The van der Waals surface area contributed by atoms with Crippen LogP contribution in [-0.2, 0) is 12.7 Å². The quantitative estimate of drug-likeness (QED) is 0.321. The van der Waals surface area contributed by atoms with E-state index in [0.29, 0.717) is 5.02 Å². The van der Waals surface area contributed by atoms with E-state index in [1.54, 1.807) is 18.2 Å². The van der Waals surface area contributed by atoms with Crippen LogP contribution < -0.4 is 5.32 Å². The van der Waals surface area contributed by atoms with E-state index in [1.165, 1.54) is 23.1 Å². The number of hydrogen-bond donors (Lipinski definition) is 1. The van der Waals surface area contributed by atoms with Crippen molar-refractivity contribution in [2.45, 2.75) is 18.8 Å². The zero-order valence-corrected chi connectivity index (χ0v) is 18.5. The predicted molar refractivity (Wildman–Crippen MR) is 125 cm³/mol. The van der Waals surface area contributed by atoms with Gasteiger partial charge >= 0.3 is 12.2 Å². The van der Waals surface area contributed by atoms with Gasteiger partial charge in [0.15, 0.2) is 0 Å². The Morgan fingerprint density at radius 1 is 0.941 bits per heavy atom. The van der Waals surface area contributed by atoms with Gasteiger partial charge in [0.2, 0.25) is 0 Å². The van der Waals surface area contributed by atoms with Crippen molar-refractivity contribution in [3.63, 3.8) is 0 Å². The molecule has 1 aliphatic rings. The lowest BCUT2D eigenvalue weighted by Gasteiger charge is -2.31. The van der Waals surface area contributed by atoms with Crippen LogP contribution in [0.25, 0.3) is 5.69 Å². The Morgan fingerprint density at radius 2 is 1.71 bits per heavy atom. The van der Waals surface area contributed by atoms with Gasteiger partial charge in [0.1, 0.15) is 0 Å². The zero-order chi connectivity index (χ0) is 23.9. The third-order valence-electron chi connectivity index (χ3n) is 5.86. The molecule has 0 aliphatic carbocycles. The largest absolute Gasteiger partial charge is 0.418 e. The number of nitrogens with zero attached hydrogens (tertiary/aromatic N) is 2. The molecule has 5 rings (SSSR count). The van der Waals surface area contributed by atoms with Crippen LogP contribution in [0, 0.1) is 0 Å². The lowest BCUT2D eigenvalue weighted by atomic mass is 10.0. The first-order valence-electron chi connectivity index (χ1n) is 10.6. The standard InChI is InChI=1S/C26H19ClF3N3O/c27-19-9-5-8-17(15-19)24-23-13-6-14-32(23)22-12-4-1-7-18(22)16-33(24)25(34)31-21-11-3-2-10-20(21)26(28,29)30/h1-15,24H,16H2,(H,31,34)/t24-/m1/s1. The number of urea groups is 1. The number of amides is 2. The van der Waals surface area contributed by atoms with Crippen molar-refractivity contribution in [3.05, 3.63) is 119 Å². The average Bonchev–Trinajstić information content (AvgIpc) is 3.23. The maximum absolute atomic E-state index is 13.6. The molecule has 0 unspecified atom stereocenters.